The van der Waals surface area contributed by atoms with E-state index in [0.717, 1.165) is 5.56 Å². The lowest BCUT2D eigenvalue weighted by molar-refractivity contribution is -0.116. The molecule has 0 saturated carbocycles. The van der Waals surface area contributed by atoms with Crippen LogP contribution in [0, 0.1) is 0 Å². The third-order valence-electron chi connectivity index (χ3n) is 4.88. The number of nitrogens with zero attached hydrogens (tertiary/aromatic N) is 5. The Morgan fingerprint density at radius 3 is 2.47 bits per heavy atom. The van der Waals surface area contributed by atoms with E-state index in [4.69, 9.17) is 0 Å². The van der Waals surface area contributed by atoms with Gasteiger partial charge in [-0.25, -0.2) is 13.1 Å². The van der Waals surface area contributed by atoms with Gasteiger partial charge in [0.15, 0.2) is 9.84 Å². The molecule has 2 aromatic carbocycles. The molecule has 30 heavy (non-hydrogen) atoms. The van der Waals surface area contributed by atoms with Gasteiger partial charge in [-0.1, -0.05) is 60.3 Å². The van der Waals surface area contributed by atoms with Crippen molar-refractivity contribution in [3.8, 4) is 0 Å². The lowest BCUT2D eigenvalue weighted by Gasteiger charge is -2.28. The largest absolute Gasteiger partial charge is 0.308 e. The first kappa shape index (κ1) is 20.5. The Kier molecular flexibility index (Phi) is 6.14. The number of hydrogen-bond acceptors (Lipinski definition) is 7. The first-order valence-electron chi connectivity index (χ1n) is 9.52. The van der Waals surface area contributed by atoms with E-state index in [9.17, 15) is 13.2 Å². The predicted octanol–water partition coefficient (Wildman–Crippen LogP) is 2.03. The Balaban J connectivity index is 1.48. The van der Waals surface area contributed by atoms with Crippen LogP contribution in [0.4, 0.5) is 5.69 Å². The van der Waals surface area contributed by atoms with Crippen LogP contribution in [0.2, 0.25) is 0 Å². The lowest BCUT2D eigenvalue weighted by Crippen LogP contribution is -2.42. The number of hydrogen-bond donors (Lipinski definition) is 0. The maximum absolute atomic E-state index is 13.1. The summed E-state index contributed by atoms with van der Waals surface area (Å²) < 4.78 is 25.6. The molecule has 0 radical (unpaired) electrons. The molecule has 1 atom stereocenters. The van der Waals surface area contributed by atoms with Crippen LogP contribution in [0.3, 0.4) is 0 Å². The minimum Gasteiger partial charge on any atom is -0.308 e. The molecule has 1 aliphatic rings. The summed E-state index contributed by atoms with van der Waals surface area (Å²) in [6.07, 6.45) is 0.444. The number of amides is 1. The van der Waals surface area contributed by atoms with E-state index in [0.29, 0.717) is 23.8 Å². The molecule has 0 N–H and O–H groups in total. The second-order valence-corrected chi connectivity index (χ2v) is 10.2. The first-order chi connectivity index (χ1) is 14.5. The summed E-state index contributed by atoms with van der Waals surface area (Å²) in [7, 11) is -3.12. The smallest absolute Gasteiger partial charge is 0.237 e. The van der Waals surface area contributed by atoms with Gasteiger partial charge in [-0.2, -0.15) is 0 Å². The molecule has 8 nitrogen and oxygen atoms in total. The van der Waals surface area contributed by atoms with Crippen molar-refractivity contribution in [2.24, 2.45) is 0 Å². The number of benzene rings is 2. The molecule has 156 valence electrons. The van der Waals surface area contributed by atoms with Crippen LogP contribution in [0.1, 0.15) is 12.0 Å². The van der Waals surface area contributed by atoms with Crippen molar-refractivity contribution >= 4 is 33.2 Å². The SMILES string of the molecule is O=C(CSc1nnnn1Cc1ccccc1)N(c1ccccc1)[C@H]1CCS(=O)(=O)C1. The van der Waals surface area contributed by atoms with E-state index in [1.807, 2.05) is 60.7 Å². The summed E-state index contributed by atoms with van der Waals surface area (Å²) in [4.78, 5) is 14.8. The highest BCUT2D eigenvalue weighted by Crippen LogP contribution is 2.26. The van der Waals surface area contributed by atoms with Crippen molar-refractivity contribution in [2.75, 3.05) is 22.2 Å². The summed E-state index contributed by atoms with van der Waals surface area (Å²) in [5.74, 6) is 0.0454. The third-order valence-corrected chi connectivity index (χ3v) is 7.57. The molecule has 1 aromatic heterocycles. The van der Waals surface area contributed by atoms with Crippen LogP contribution in [-0.2, 0) is 21.2 Å². The van der Waals surface area contributed by atoms with Gasteiger partial charge in [-0.15, -0.1) is 5.10 Å². The minimum absolute atomic E-state index is 0.00987. The molecule has 1 aliphatic heterocycles. The average Bonchev–Trinajstić information content (AvgIpc) is 3.34. The van der Waals surface area contributed by atoms with Gasteiger partial charge in [0.2, 0.25) is 11.1 Å². The van der Waals surface area contributed by atoms with E-state index < -0.39 is 9.84 Å². The van der Waals surface area contributed by atoms with Crippen LogP contribution < -0.4 is 4.90 Å². The second-order valence-electron chi connectivity index (χ2n) is 7.05. The highest BCUT2D eigenvalue weighted by atomic mass is 32.2. The third kappa shape index (κ3) is 4.88. The summed E-state index contributed by atoms with van der Waals surface area (Å²) in [6, 6.07) is 18.7. The monoisotopic (exact) mass is 443 g/mol. The molecule has 0 unspecified atom stereocenters. The van der Waals surface area contributed by atoms with Gasteiger partial charge in [-0.05, 0) is 34.5 Å². The Morgan fingerprint density at radius 1 is 1.10 bits per heavy atom. The Bertz CT molecular complexity index is 1100. The van der Waals surface area contributed by atoms with Crippen molar-refractivity contribution in [2.45, 2.75) is 24.2 Å². The van der Waals surface area contributed by atoms with Crippen molar-refractivity contribution in [1.29, 1.82) is 0 Å². The summed E-state index contributed by atoms with van der Waals surface area (Å²) in [5.41, 5.74) is 1.76. The Labute approximate surface area is 179 Å². The second kappa shape index (κ2) is 8.97. The van der Waals surface area contributed by atoms with Crippen molar-refractivity contribution in [3.05, 3.63) is 66.2 Å². The number of sulfone groups is 1. The number of aromatic nitrogens is 4. The molecular weight excluding hydrogens is 422 g/mol. The van der Waals surface area contributed by atoms with Gasteiger partial charge >= 0.3 is 0 Å². The first-order valence-corrected chi connectivity index (χ1v) is 12.3. The van der Waals surface area contributed by atoms with Gasteiger partial charge < -0.3 is 4.90 Å². The van der Waals surface area contributed by atoms with Crippen molar-refractivity contribution in [3.63, 3.8) is 0 Å². The van der Waals surface area contributed by atoms with E-state index in [2.05, 4.69) is 15.5 Å². The zero-order valence-electron chi connectivity index (χ0n) is 16.2. The quantitative estimate of drug-likeness (QED) is 0.515. The highest BCUT2D eigenvalue weighted by Gasteiger charge is 2.35. The number of carbonyl (C=O) groups is 1. The van der Waals surface area contributed by atoms with E-state index in [-0.39, 0.29) is 29.2 Å². The molecule has 3 aromatic rings. The predicted molar refractivity (Wildman–Crippen MR) is 115 cm³/mol. The normalized spacial score (nSPS) is 17.7. The molecule has 0 bridgehead atoms. The molecular formula is C20H21N5O3S2. The van der Waals surface area contributed by atoms with E-state index in [1.165, 1.54) is 11.8 Å². The average molecular weight is 444 g/mol. The maximum Gasteiger partial charge on any atom is 0.237 e. The van der Waals surface area contributed by atoms with Gasteiger partial charge in [0.1, 0.15) is 0 Å². The molecule has 1 amide bonds. The van der Waals surface area contributed by atoms with Crippen LogP contribution >= 0.6 is 11.8 Å². The lowest BCUT2D eigenvalue weighted by atomic mass is 10.2. The fourth-order valence-electron chi connectivity index (χ4n) is 3.48. The Hall–Kier alpha value is -2.72. The summed E-state index contributed by atoms with van der Waals surface area (Å²) >= 11 is 1.25. The highest BCUT2D eigenvalue weighted by molar-refractivity contribution is 7.99. The fraction of sp³-hybridized carbons (Fsp3) is 0.300. The molecule has 1 saturated heterocycles. The van der Waals surface area contributed by atoms with Crippen LogP contribution in [0.5, 0.6) is 0 Å². The fourth-order valence-corrected chi connectivity index (χ4v) is 5.91. The summed E-state index contributed by atoms with van der Waals surface area (Å²) in [5, 5.41) is 12.3. The number of carbonyl (C=O) groups excluding carboxylic acids is 1. The molecule has 4 rings (SSSR count). The van der Waals surface area contributed by atoms with E-state index in [1.54, 1.807) is 9.58 Å². The molecule has 0 spiro atoms. The Morgan fingerprint density at radius 2 is 1.80 bits per heavy atom. The van der Waals surface area contributed by atoms with Gasteiger partial charge in [-0.3, -0.25) is 4.79 Å². The van der Waals surface area contributed by atoms with Gasteiger partial charge in [0.25, 0.3) is 0 Å². The maximum atomic E-state index is 13.1. The molecule has 2 heterocycles. The summed E-state index contributed by atoms with van der Waals surface area (Å²) in [6.45, 7) is 0.508. The minimum atomic E-state index is -3.12. The standard InChI is InChI=1S/C20H21N5O3S2/c26-19(14-29-20-21-22-23-24(20)13-16-7-3-1-4-8-16)25(17-9-5-2-6-10-17)18-11-12-30(27,28)15-18/h1-10,18H,11-15H2/t18-/m0/s1. The van der Waals surface area contributed by atoms with Crippen LogP contribution in [0.25, 0.3) is 0 Å². The van der Waals surface area contributed by atoms with Crippen molar-refractivity contribution in [1.82, 2.24) is 20.2 Å². The molecule has 1 fully saturated rings. The van der Waals surface area contributed by atoms with Crippen LogP contribution in [0.15, 0.2) is 65.8 Å². The van der Waals surface area contributed by atoms with Gasteiger partial charge in [0.05, 0.1) is 29.8 Å². The van der Waals surface area contributed by atoms with Gasteiger partial charge in [0, 0.05) is 5.69 Å². The topological polar surface area (TPSA) is 98.1 Å². The van der Waals surface area contributed by atoms with E-state index >= 15 is 0 Å². The van der Waals surface area contributed by atoms with Crippen LogP contribution in [-0.4, -0.2) is 57.8 Å². The number of rotatable bonds is 7. The number of para-hydroxylation sites is 1. The zero-order valence-corrected chi connectivity index (χ0v) is 17.8. The molecule has 0 aliphatic carbocycles. The number of anilines is 1. The number of thioether (sulfide) groups is 1. The zero-order chi connectivity index (χ0) is 21.0. The molecule has 10 heteroatoms. The number of tetrazole rings is 1. The van der Waals surface area contributed by atoms with Crippen molar-refractivity contribution < 1.29 is 13.2 Å².